The van der Waals surface area contributed by atoms with Crippen LogP contribution in [0.3, 0.4) is 0 Å². The third kappa shape index (κ3) is 4.54. The average molecular weight is 316 g/mol. The summed E-state index contributed by atoms with van der Waals surface area (Å²) in [5, 5.41) is 5.40. The topological polar surface area (TPSA) is 73.9 Å². The Labute approximate surface area is 135 Å². The van der Waals surface area contributed by atoms with Crippen molar-refractivity contribution in [1.29, 1.82) is 0 Å². The summed E-state index contributed by atoms with van der Waals surface area (Å²) in [5.41, 5.74) is 0.637. The lowest BCUT2D eigenvalue weighted by molar-refractivity contribution is 0.150. The Morgan fingerprint density at radius 1 is 1.22 bits per heavy atom. The van der Waals surface area contributed by atoms with Gasteiger partial charge in [0, 0.05) is 45.0 Å². The summed E-state index contributed by atoms with van der Waals surface area (Å²) >= 11 is 0. The van der Waals surface area contributed by atoms with E-state index < -0.39 is 0 Å². The highest BCUT2D eigenvalue weighted by Gasteiger charge is 2.23. The van der Waals surface area contributed by atoms with E-state index in [1.54, 1.807) is 41.1 Å². The molecule has 1 heterocycles. The zero-order valence-corrected chi connectivity index (χ0v) is 13.0. The Kier molecular flexibility index (Phi) is 5.69. The molecule has 1 saturated heterocycles. The normalized spacial score (nSPS) is 13.9. The fraction of sp³-hybridized carbons (Fsp3) is 0.375. The van der Waals surface area contributed by atoms with Gasteiger partial charge in [-0.1, -0.05) is 12.0 Å². The first-order valence-corrected chi connectivity index (χ1v) is 7.33. The van der Waals surface area contributed by atoms with Gasteiger partial charge in [-0.3, -0.25) is 0 Å². The number of amides is 4. The number of benzene rings is 1. The average Bonchev–Trinajstić information content (AvgIpc) is 2.59. The summed E-state index contributed by atoms with van der Waals surface area (Å²) in [7, 11) is 1.59. The number of anilines is 1. The maximum atomic E-state index is 12.3. The number of carbonyl (C=O) groups is 2. The molecular formula is C16H20N4O3. The molecule has 1 aliphatic rings. The van der Waals surface area contributed by atoms with E-state index in [0.29, 0.717) is 37.6 Å². The maximum absolute atomic E-state index is 12.3. The van der Waals surface area contributed by atoms with Crippen LogP contribution in [-0.4, -0.2) is 61.7 Å². The van der Waals surface area contributed by atoms with E-state index in [9.17, 15) is 9.59 Å². The number of terminal acetylenes is 1. The van der Waals surface area contributed by atoms with Gasteiger partial charge >= 0.3 is 12.1 Å². The first kappa shape index (κ1) is 16.5. The second kappa shape index (κ2) is 7.94. The summed E-state index contributed by atoms with van der Waals surface area (Å²) in [6, 6.07) is 6.73. The van der Waals surface area contributed by atoms with E-state index in [4.69, 9.17) is 11.2 Å². The molecule has 1 aliphatic heterocycles. The van der Waals surface area contributed by atoms with E-state index in [1.165, 1.54) is 0 Å². The lowest BCUT2D eigenvalue weighted by Crippen LogP contribution is -2.53. The van der Waals surface area contributed by atoms with Gasteiger partial charge in [-0.05, 0) is 12.1 Å². The van der Waals surface area contributed by atoms with Crippen molar-refractivity contribution in [2.75, 3.05) is 45.2 Å². The molecule has 1 aromatic carbocycles. The molecule has 0 aliphatic carbocycles. The lowest BCUT2D eigenvalue weighted by Gasteiger charge is -2.34. The second-order valence-corrected chi connectivity index (χ2v) is 4.98. The Hall–Kier alpha value is -2.88. The van der Waals surface area contributed by atoms with Gasteiger partial charge in [0.1, 0.15) is 12.4 Å². The number of hydrogen-bond acceptors (Lipinski definition) is 3. The Morgan fingerprint density at radius 3 is 2.48 bits per heavy atom. The SMILES string of the molecule is C#CCOc1cccc(NC(=O)N2CCN(C(=O)NC)CC2)c1. The molecule has 0 spiro atoms. The predicted octanol–water partition coefficient (Wildman–Crippen LogP) is 1.19. The first-order valence-electron chi connectivity index (χ1n) is 7.33. The molecule has 2 N–H and O–H groups in total. The third-order valence-corrected chi connectivity index (χ3v) is 3.48. The van der Waals surface area contributed by atoms with Crippen LogP contribution in [0.4, 0.5) is 15.3 Å². The number of nitrogens with one attached hydrogen (secondary N) is 2. The van der Waals surface area contributed by atoms with E-state index in [0.717, 1.165) is 0 Å². The minimum Gasteiger partial charge on any atom is -0.481 e. The first-order chi connectivity index (χ1) is 11.1. The second-order valence-electron chi connectivity index (χ2n) is 4.98. The molecule has 0 atom stereocenters. The predicted molar refractivity (Wildman–Crippen MR) is 87.4 cm³/mol. The van der Waals surface area contributed by atoms with Crippen molar-refractivity contribution < 1.29 is 14.3 Å². The molecule has 4 amide bonds. The van der Waals surface area contributed by atoms with E-state index in [1.807, 2.05) is 0 Å². The zero-order chi connectivity index (χ0) is 16.7. The summed E-state index contributed by atoms with van der Waals surface area (Å²) < 4.78 is 5.32. The summed E-state index contributed by atoms with van der Waals surface area (Å²) in [4.78, 5) is 27.1. The van der Waals surface area contributed by atoms with Gasteiger partial charge in [0.15, 0.2) is 0 Å². The number of nitrogens with zero attached hydrogens (tertiary/aromatic N) is 2. The van der Waals surface area contributed by atoms with Gasteiger partial charge in [-0.2, -0.15) is 0 Å². The summed E-state index contributed by atoms with van der Waals surface area (Å²) in [6.07, 6.45) is 5.15. The minimum atomic E-state index is -0.198. The molecule has 122 valence electrons. The van der Waals surface area contributed by atoms with Gasteiger partial charge in [0.05, 0.1) is 0 Å². The van der Waals surface area contributed by atoms with E-state index >= 15 is 0 Å². The van der Waals surface area contributed by atoms with Crippen molar-refractivity contribution in [1.82, 2.24) is 15.1 Å². The summed E-state index contributed by atoms with van der Waals surface area (Å²) in [5.74, 6) is 2.99. The van der Waals surface area contributed by atoms with Crippen LogP contribution in [0.25, 0.3) is 0 Å². The molecule has 0 bridgehead atoms. The fourth-order valence-electron chi connectivity index (χ4n) is 2.26. The molecule has 0 unspecified atom stereocenters. The Balaban J connectivity index is 1.88. The van der Waals surface area contributed by atoms with Crippen LogP contribution in [0.5, 0.6) is 5.75 Å². The van der Waals surface area contributed by atoms with Crippen LogP contribution in [0.1, 0.15) is 0 Å². The van der Waals surface area contributed by atoms with Crippen LogP contribution in [0.2, 0.25) is 0 Å². The van der Waals surface area contributed by atoms with Gasteiger partial charge < -0.3 is 25.2 Å². The standard InChI is InChI=1S/C16H20N4O3/c1-3-11-23-14-6-4-5-13(12-14)18-16(22)20-9-7-19(8-10-20)15(21)17-2/h1,4-6,12H,7-11H2,2H3,(H,17,21)(H,18,22). The lowest BCUT2D eigenvalue weighted by atomic mass is 10.3. The van der Waals surface area contributed by atoms with Crippen LogP contribution in [0, 0.1) is 12.3 Å². The van der Waals surface area contributed by atoms with E-state index in [2.05, 4.69) is 16.6 Å². The number of piperazine rings is 1. The number of carbonyl (C=O) groups excluding carboxylic acids is 2. The third-order valence-electron chi connectivity index (χ3n) is 3.48. The number of ether oxygens (including phenoxy) is 1. The van der Waals surface area contributed by atoms with Crippen molar-refractivity contribution in [3.63, 3.8) is 0 Å². The van der Waals surface area contributed by atoms with Crippen LogP contribution in [-0.2, 0) is 0 Å². The van der Waals surface area contributed by atoms with Gasteiger partial charge in [0.25, 0.3) is 0 Å². The molecule has 7 heteroatoms. The highest BCUT2D eigenvalue weighted by molar-refractivity contribution is 5.89. The smallest absolute Gasteiger partial charge is 0.321 e. The molecule has 1 aromatic rings. The minimum absolute atomic E-state index is 0.122. The van der Waals surface area contributed by atoms with E-state index in [-0.39, 0.29) is 18.7 Å². The van der Waals surface area contributed by atoms with Crippen molar-refractivity contribution in [3.05, 3.63) is 24.3 Å². The van der Waals surface area contributed by atoms with Gasteiger partial charge in [-0.25, -0.2) is 9.59 Å². The van der Waals surface area contributed by atoms with Crippen molar-refractivity contribution in [2.24, 2.45) is 0 Å². The van der Waals surface area contributed by atoms with Crippen molar-refractivity contribution in [3.8, 4) is 18.1 Å². The maximum Gasteiger partial charge on any atom is 0.321 e. The molecule has 2 rings (SSSR count). The number of hydrogen-bond donors (Lipinski definition) is 2. The molecule has 1 fully saturated rings. The van der Waals surface area contributed by atoms with Gasteiger partial charge in [0.2, 0.25) is 0 Å². The number of rotatable bonds is 3. The molecular weight excluding hydrogens is 296 g/mol. The molecule has 0 aromatic heterocycles. The quantitative estimate of drug-likeness (QED) is 0.823. The Morgan fingerprint density at radius 2 is 1.87 bits per heavy atom. The summed E-state index contributed by atoms with van der Waals surface area (Å²) in [6.45, 7) is 2.19. The van der Waals surface area contributed by atoms with Crippen molar-refractivity contribution >= 4 is 17.7 Å². The Bertz CT molecular complexity index is 604. The van der Waals surface area contributed by atoms with Crippen LogP contribution < -0.4 is 15.4 Å². The van der Waals surface area contributed by atoms with Gasteiger partial charge in [-0.15, -0.1) is 6.42 Å². The monoisotopic (exact) mass is 316 g/mol. The number of urea groups is 2. The largest absolute Gasteiger partial charge is 0.481 e. The molecule has 0 saturated carbocycles. The molecule has 0 radical (unpaired) electrons. The highest BCUT2D eigenvalue weighted by Crippen LogP contribution is 2.18. The highest BCUT2D eigenvalue weighted by atomic mass is 16.5. The van der Waals surface area contributed by atoms with Crippen LogP contribution in [0.15, 0.2) is 24.3 Å². The molecule has 7 nitrogen and oxygen atoms in total. The zero-order valence-electron chi connectivity index (χ0n) is 13.0. The van der Waals surface area contributed by atoms with Crippen molar-refractivity contribution in [2.45, 2.75) is 0 Å². The fourth-order valence-corrected chi connectivity index (χ4v) is 2.26. The van der Waals surface area contributed by atoms with Crippen LogP contribution >= 0.6 is 0 Å². The molecule has 23 heavy (non-hydrogen) atoms.